The maximum Gasteiger partial charge on any atom is 0.184 e. The lowest BCUT2D eigenvalue weighted by Crippen LogP contribution is -2.23. The molecule has 0 aromatic heterocycles. The molecule has 0 bridgehead atoms. The van der Waals surface area contributed by atoms with Crippen LogP contribution in [0.3, 0.4) is 0 Å². The Bertz CT molecular complexity index is 806. The van der Waals surface area contributed by atoms with Gasteiger partial charge < -0.3 is 10.6 Å². The third-order valence-corrected chi connectivity index (χ3v) is 3.66. The van der Waals surface area contributed by atoms with E-state index in [1.54, 1.807) is 6.21 Å². The number of thiocarbonyl (C=S) groups is 1. The maximum atomic E-state index is 5.35. The predicted molar refractivity (Wildman–Crippen MR) is 109 cm³/mol. The third kappa shape index (κ3) is 4.43. The van der Waals surface area contributed by atoms with Crippen molar-refractivity contribution in [1.29, 1.82) is 0 Å². The first-order valence-electron chi connectivity index (χ1n) is 7.83. The number of hydrazone groups is 1. The Morgan fingerprint density at radius 2 is 1.28 bits per heavy atom. The number of nitrogens with zero attached hydrogens (tertiary/aromatic N) is 2. The zero-order chi connectivity index (χ0) is 17.5. The lowest BCUT2D eigenvalue weighted by Gasteiger charge is -2.25. The Morgan fingerprint density at radius 3 is 1.76 bits per heavy atom. The molecule has 25 heavy (non-hydrogen) atoms. The largest absolute Gasteiger partial charge is 0.375 e. The summed E-state index contributed by atoms with van der Waals surface area (Å²) >= 11 is 4.72. The van der Waals surface area contributed by atoms with Gasteiger partial charge in [0.15, 0.2) is 5.11 Å². The van der Waals surface area contributed by atoms with Crippen molar-refractivity contribution < 1.29 is 0 Å². The van der Waals surface area contributed by atoms with Crippen molar-refractivity contribution in [2.75, 3.05) is 4.90 Å². The van der Waals surface area contributed by atoms with Gasteiger partial charge in [0.05, 0.1) is 6.21 Å². The first-order valence-corrected chi connectivity index (χ1v) is 8.24. The number of anilines is 3. The van der Waals surface area contributed by atoms with Gasteiger partial charge in [0.25, 0.3) is 0 Å². The van der Waals surface area contributed by atoms with Crippen molar-refractivity contribution in [1.82, 2.24) is 5.43 Å². The number of nitrogens with two attached hydrogens (primary N) is 1. The van der Waals surface area contributed by atoms with Gasteiger partial charge >= 0.3 is 0 Å². The number of rotatable bonds is 5. The molecule has 124 valence electrons. The second-order valence-electron chi connectivity index (χ2n) is 5.33. The molecular formula is C20H18N4S. The van der Waals surface area contributed by atoms with Crippen LogP contribution in [-0.4, -0.2) is 11.3 Å². The van der Waals surface area contributed by atoms with Crippen LogP contribution < -0.4 is 16.1 Å². The fraction of sp³-hybridized carbons (Fsp3) is 0. The van der Waals surface area contributed by atoms with E-state index in [0.717, 1.165) is 22.6 Å². The Balaban J connectivity index is 1.92. The molecule has 0 fully saturated rings. The summed E-state index contributed by atoms with van der Waals surface area (Å²) in [7, 11) is 0. The average molecular weight is 346 g/mol. The third-order valence-electron chi connectivity index (χ3n) is 3.57. The number of benzene rings is 3. The van der Waals surface area contributed by atoms with Crippen molar-refractivity contribution in [3.8, 4) is 0 Å². The second kappa shape index (κ2) is 8.08. The molecule has 0 aliphatic rings. The van der Waals surface area contributed by atoms with Gasteiger partial charge in [-0.15, -0.1) is 0 Å². The maximum absolute atomic E-state index is 5.35. The van der Waals surface area contributed by atoms with Crippen molar-refractivity contribution in [3.63, 3.8) is 0 Å². The first-order chi connectivity index (χ1) is 12.2. The van der Waals surface area contributed by atoms with Crippen LogP contribution in [0.1, 0.15) is 5.56 Å². The van der Waals surface area contributed by atoms with E-state index in [-0.39, 0.29) is 5.11 Å². The highest BCUT2D eigenvalue weighted by Crippen LogP contribution is 2.33. The molecule has 0 spiro atoms. The number of hydrogen-bond donors (Lipinski definition) is 2. The van der Waals surface area contributed by atoms with Crippen molar-refractivity contribution in [2.45, 2.75) is 0 Å². The predicted octanol–water partition coefficient (Wildman–Crippen LogP) is 4.32. The van der Waals surface area contributed by atoms with Crippen LogP contribution in [0.5, 0.6) is 0 Å². The molecule has 3 N–H and O–H groups in total. The molecule has 3 aromatic carbocycles. The van der Waals surface area contributed by atoms with Crippen molar-refractivity contribution in [2.24, 2.45) is 10.8 Å². The minimum Gasteiger partial charge on any atom is -0.375 e. The molecule has 0 amide bonds. The summed E-state index contributed by atoms with van der Waals surface area (Å²) in [6.45, 7) is 0. The van der Waals surface area contributed by atoms with Crippen LogP contribution in [0.15, 0.2) is 90.0 Å². The van der Waals surface area contributed by atoms with E-state index in [0.29, 0.717) is 0 Å². The Labute approximate surface area is 152 Å². The van der Waals surface area contributed by atoms with E-state index < -0.39 is 0 Å². The van der Waals surface area contributed by atoms with Gasteiger partial charge in [0.1, 0.15) is 0 Å². The highest BCUT2D eigenvalue weighted by atomic mass is 32.1. The number of nitrogens with one attached hydrogen (secondary N) is 1. The molecule has 0 aliphatic heterocycles. The first kappa shape index (κ1) is 16.7. The number of para-hydroxylation sites is 2. The molecule has 4 nitrogen and oxygen atoms in total. The zero-order valence-electron chi connectivity index (χ0n) is 13.5. The highest BCUT2D eigenvalue weighted by molar-refractivity contribution is 7.80. The summed E-state index contributed by atoms with van der Waals surface area (Å²) in [5, 5.41) is 4.12. The lowest BCUT2D eigenvalue weighted by atomic mass is 10.1. The minimum absolute atomic E-state index is 0.146. The van der Waals surface area contributed by atoms with Gasteiger partial charge in [-0.25, -0.2) is 0 Å². The van der Waals surface area contributed by atoms with E-state index in [4.69, 9.17) is 18.0 Å². The van der Waals surface area contributed by atoms with Gasteiger partial charge in [-0.1, -0.05) is 48.5 Å². The lowest BCUT2D eigenvalue weighted by molar-refractivity contribution is 1.04. The molecule has 3 aromatic rings. The van der Waals surface area contributed by atoms with Gasteiger partial charge in [0, 0.05) is 17.1 Å². The molecule has 0 aliphatic carbocycles. The fourth-order valence-electron chi connectivity index (χ4n) is 2.48. The molecule has 0 saturated carbocycles. The smallest absolute Gasteiger partial charge is 0.184 e. The fourth-order valence-corrected chi connectivity index (χ4v) is 2.53. The minimum atomic E-state index is 0.146. The van der Waals surface area contributed by atoms with Crippen LogP contribution in [0.4, 0.5) is 17.1 Å². The molecule has 0 saturated heterocycles. The van der Waals surface area contributed by atoms with E-state index in [1.807, 2.05) is 48.5 Å². The Kier molecular flexibility index (Phi) is 5.39. The summed E-state index contributed by atoms with van der Waals surface area (Å²) in [6, 6.07) is 28.7. The van der Waals surface area contributed by atoms with E-state index in [2.05, 4.69) is 51.8 Å². The van der Waals surface area contributed by atoms with Gasteiger partial charge in [-0.3, -0.25) is 5.43 Å². The van der Waals surface area contributed by atoms with Crippen LogP contribution >= 0.6 is 12.2 Å². The number of hydrogen-bond acceptors (Lipinski definition) is 3. The summed E-state index contributed by atoms with van der Waals surface area (Å²) in [5.41, 5.74) is 12.1. The average Bonchev–Trinajstić information content (AvgIpc) is 2.65. The molecule has 0 unspecified atom stereocenters. The van der Waals surface area contributed by atoms with E-state index >= 15 is 0 Å². The summed E-state index contributed by atoms with van der Waals surface area (Å²) in [4.78, 5) is 2.20. The summed E-state index contributed by atoms with van der Waals surface area (Å²) in [6.07, 6.45) is 1.68. The van der Waals surface area contributed by atoms with E-state index in [1.165, 1.54) is 0 Å². The quantitative estimate of drug-likeness (QED) is 0.410. The summed E-state index contributed by atoms with van der Waals surface area (Å²) < 4.78 is 0. The molecular weight excluding hydrogens is 328 g/mol. The molecule has 0 radical (unpaired) electrons. The van der Waals surface area contributed by atoms with Gasteiger partial charge in [0.2, 0.25) is 0 Å². The van der Waals surface area contributed by atoms with Crippen LogP contribution in [0.2, 0.25) is 0 Å². The Morgan fingerprint density at radius 1 is 0.800 bits per heavy atom. The normalized spacial score (nSPS) is 10.6. The van der Waals surface area contributed by atoms with Crippen molar-refractivity contribution >= 4 is 40.6 Å². The van der Waals surface area contributed by atoms with Crippen LogP contribution in [-0.2, 0) is 0 Å². The Hall–Kier alpha value is -3.18. The SMILES string of the molecule is NC(=S)N/N=C/c1ccc(N(c2ccccc2)c2ccccc2)cc1. The topological polar surface area (TPSA) is 53.6 Å². The van der Waals surface area contributed by atoms with Gasteiger partial charge in [-0.05, 0) is 54.2 Å². The van der Waals surface area contributed by atoms with Crippen LogP contribution in [0.25, 0.3) is 0 Å². The van der Waals surface area contributed by atoms with Crippen LogP contribution in [0, 0.1) is 0 Å². The second-order valence-corrected chi connectivity index (χ2v) is 5.77. The standard InChI is InChI=1S/C20H18N4S/c21-20(25)23-22-15-16-11-13-19(14-12-16)24(17-7-3-1-4-8-17)18-9-5-2-6-10-18/h1-15H,(H3,21,23,25)/b22-15+. The molecule has 0 atom stereocenters. The van der Waals surface area contributed by atoms with Gasteiger partial charge in [-0.2, -0.15) is 5.10 Å². The van der Waals surface area contributed by atoms with Crippen molar-refractivity contribution in [3.05, 3.63) is 90.5 Å². The molecule has 3 rings (SSSR count). The zero-order valence-corrected chi connectivity index (χ0v) is 14.4. The molecule has 0 heterocycles. The summed E-state index contributed by atoms with van der Waals surface area (Å²) in [5.74, 6) is 0. The van der Waals surface area contributed by atoms with E-state index in [9.17, 15) is 0 Å². The highest BCUT2D eigenvalue weighted by Gasteiger charge is 2.11. The molecule has 5 heteroatoms. The monoisotopic (exact) mass is 346 g/mol.